The Morgan fingerprint density at radius 2 is 1.77 bits per heavy atom. The summed E-state index contributed by atoms with van der Waals surface area (Å²) in [6.45, 7) is 6.19. The Morgan fingerprint density at radius 3 is 2.40 bits per heavy atom. The molecule has 5 nitrogen and oxygen atoms in total. The smallest absolute Gasteiger partial charge is 0.258 e. The molecule has 0 aliphatic carbocycles. The van der Waals surface area contributed by atoms with Gasteiger partial charge in [0.15, 0.2) is 5.11 Å². The topological polar surface area (TPSA) is 54.2 Å². The van der Waals surface area contributed by atoms with E-state index in [-0.39, 0.29) is 11.6 Å². The van der Waals surface area contributed by atoms with E-state index in [0.717, 1.165) is 16.8 Å². The minimum Gasteiger partial charge on any atom is -0.351 e. The predicted molar refractivity (Wildman–Crippen MR) is 114 cm³/mol. The van der Waals surface area contributed by atoms with E-state index in [1.807, 2.05) is 11.8 Å². The van der Waals surface area contributed by atoms with Gasteiger partial charge in [0.25, 0.3) is 5.89 Å². The summed E-state index contributed by atoms with van der Waals surface area (Å²) in [6.07, 6.45) is 1.74. The number of hydrogen-bond donors (Lipinski definition) is 1. The van der Waals surface area contributed by atoms with Crippen LogP contribution in [-0.2, 0) is 0 Å². The number of hydrogen-bond acceptors (Lipinski definition) is 4. The van der Waals surface area contributed by atoms with Crippen molar-refractivity contribution in [2.75, 3.05) is 6.54 Å². The summed E-state index contributed by atoms with van der Waals surface area (Å²) in [4.78, 5) is 6.40. The molecule has 1 unspecified atom stereocenters. The monoisotopic (exact) mass is 424 g/mol. The zero-order valence-corrected chi connectivity index (χ0v) is 16.9. The van der Waals surface area contributed by atoms with Crippen LogP contribution in [0.5, 0.6) is 0 Å². The lowest BCUT2D eigenvalue weighted by Crippen LogP contribution is -2.45. The molecule has 30 heavy (non-hydrogen) atoms. The maximum atomic E-state index is 13.5. The third kappa shape index (κ3) is 3.73. The van der Waals surface area contributed by atoms with Crippen LogP contribution in [0.2, 0.25) is 0 Å². The SMILES string of the molecule is C=CCN1C(=S)NC(c2ccc(F)cc2)C(c2nc(-c3ccc(F)cc3)no2)=C1C. The molecule has 8 heteroatoms. The molecule has 0 amide bonds. The Hall–Kier alpha value is -3.39. The average molecular weight is 424 g/mol. The second kappa shape index (κ2) is 8.16. The molecule has 2 heterocycles. The van der Waals surface area contributed by atoms with Gasteiger partial charge >= 0.3 is 0 Å². The molecule has 3 aromatic rings. The van der Waals surface area contributed by atoms with Crippen LogP contribution in [0, 0.1) is 11.6 Å². The van der Waals surface area contributed by atoms with Crippen molar-refractivity contribution >= 4 is 22.9 Å². The Balaban J connectivity index is 1.81. The fourth-order valence-corrected chi connectivity index (χ4v) is 3.69. The number of halogens is 2. The van der Waals surface area contributed by atoms with Gasteiger partial charge < -0.3 is 14.7 Å². The van der Waals surface area contributed by atoms with Crippen molar-refractivity contribution in [3.63, 3.8) is 0 Å². The first kappa shape index (κ1) is 19.9. The molecule has 1 aliphatic rings. The zero-order chi connectivity index (χ0) is 21.3. The van der Waals surface area contributed by atoms with Crippen LogP contribution < -0.4 is 5.32 Å². The van der Waals surface area contributed by atoms with Gasteiger partial charge in [-0.3, -0.25) is 0 Å². The summed E-state index contributed by atoms with van der Waals surface area (Å²) >= 11 is 5.53. The first-order chi connectivity index (χ1) is 14.5. The highest BCUT2D eigenvalue weighted by Crippen LogP contribution is 2.37. The van der Waals surface area contributed by atoms with E-state index < -0.39 is 6.04 Å². The Labute approximate surface area is 177 Å². The largest absolute Gasteiger partial charge is 0.351 e. The van der Waals surface area contributed by atoms with Gasteiger partial charge in [-0.2, -0.15) is 4.98 Å². The lowest BCUT2D eigenvalue weighted by molar-refractivity contribution is 0.399. The Bertz CT molecular complexity index is 1120. The van der Waals surface area contributed by atoms with E-state index in [9.17, 15) is 8.78 Å². The van der Waals surface area contributed by atoms with Crippen LogP contribution in [0.4, 0.5) is 8.78 Å². The van der Waals surface area contributed by atoms with E-state index in [1.165, 1.54) is 24.3 Å². The molecule has 2 aromatic carbocycles. The Kier molecular flexibility index (Phi) is 5.41. The van der Waals surface area contributed by atoms with Crippen LogP contribution >= 0.6 is 12.2 Å². The maximum Gasteiger partial charge on any atom is 0.258 e. The first-order valence-corrected chi connectivity index (χ1v) is 9.64. The van der Waals surface area contributed by atoms with Gasteiger partial charge in [-0.15, -0.1) is 6.58 Å². The van der Waals surface area contributed by atoms with E-state index in [0.29, 0.717) is 28.9 Å². The summed E-state index contributed by atoms with van der Waals surface area (Å²) in [7, 11) is 0. The fraction of sp³-hybridized carbons (Fsp3) is 0.136. The third-order valence-corrected chi connectivity index (χ3v) is 5.21. The first-order valence-electron chi connectivity index (χ1n) is 9.23. The van der Waals surface area contributed by atoms with Gasteiger partial charge in [0.05, 0.1) is 11.6 Å². The average Bonchev–Trinajstić information content (AvgIpc) is 3.21. The Morgan fingerprint density at radius 1 is 1.13 bits per heavy atom. The molecule has 1 aliphatic heterocycles. The molecule has 0 saturated heterocycles. The van der Waals surface area contributed by atoms with E-state index in [1.54, 1.807) is 30.3 Å². The summed E-state index contributed by atoms with van der Waals surface area (Å²) < 4.78 is 32.3. The standard InChI is InChI=1S/C22H18F2N4OS/c1-3-12-28-13(2)18(19(25-22(28)30)14-4-8-16(23)9-5-14)21-26-20(27-29-21)15-6-10-17(24)11-7-15/h3-11,19H,1,12H2,2H3,(H,25,30). The van der Waals surface area contributed by atoms with Crippen LogP contribution in [-0.4, -0.2) is 26.7 Å². The van der Waals surface area contributed by atoms with Gasteiger partial charge in [-0.05, 0) is 61.1 Å². The summed E-state index contributed by atoms with van der Waals surface area (Å²) in [5.74, 6) is -0.0386. The molecule has 0 bridgehead atoms. The van der Waals surface area contributed by atoms with Crippen LogP contribution in [0.15, 0.2) is 71.4 Å². The highest BCUT2D eigenvalue weighted by atomic mass is 32.1. The number of rotatable bonds is 5. The van der Waals surface area contributed by atoms with E-state index >= 15 is 0 Å². The second-order valence-electron chi connectivity index (χ2n) is 6.76. The van der Waals surface area contributed by atoms with Crippen molar-refractivity contribution < 1.29 is 13.3 Å². The summed E-state index contributed by atoms with van der Waals surface area (Å²) in [5, 5.41) is 7.85. The van der Waals surface area contributed by atoms with Crippen molar-refractivity contribution in [3.8, 4) is 11.4 Å². The van der Waals surface area contributed by atoms with E-state index in [4.69, 9.17) is 16.7 Å². The molecular weight excluding hydrogens is 406 g/mol. The highest BCUT2D eigenvalue weighted by Gasteiger charge is 2.33. The molecule has 152 valence electrons. The normalized spacial score (nSPS) is 16.6. The number of allylic oxidation sites excluding steroid dienone is 1. The third-order valence-electron chi connectivity index (χ3n) is 4.87. The molecule has 0 fully saturated rings. The van der Waals surface area contributed by atoms with Gasteiger partial charge in [-0.25, -0.2) is 8.78 Å². The van der Waals surface area contributed by atoms with Crippen molar-refractivity contribution in [3.05, 3.63) is 90.0 Å². The van der Waals surface area contributed by atoms with Crippen molar-refractivity contribution in [2.24, 2.45) is 0 Å². The molecule has 0 saturated carbocycles. The second-order valence-corrected chi connectivity index (χ2v) is 7.15. The number of aromatic nitrogens is 2. The molecule has 1 N–H and O–H groups in total. The number of benzene rings is 2. The fourth-order valence-electron chi connectivity index (χ4n) is 3.36. The van der Waals surface area contributed by atoms with Crippen molar-refractivity contribution in [2.45, 2.75) is 13.0 Å². The van der Waals surface area contributed by atoms with Gasteiger partial charge in [0.2, 0.25) is 5.82 Å². The van der Waals surface area contributed by atoms with Crippen molar-refractivity contribution in [1.29, 1.82) is 0 Å². The molecule has 0 spiro atoms. The molecule has 4 rings (SSSR count). The minimum atomic E-state index is -0.402. The van der Waals surface area contributed by atoms with Crippen LogP contribution in [0.25, 0.3) is 17.0 Å². The summed E-state index contributed by atoms with van der Waals surface area (Å²) in [5.41, 5.74) is 2.97. The van der Waals surface area contributed by atoms with Gasteiger partial charge in [-0.1, -0.05) is 23.4 Å². The molecule has 0 radical (unpaired) electrons. The number of thiocarbonyl (C=S) groups is 1. The van der Waals surface area contributed by atoms with Crippen molar-refractivity contribution in [1.82, 2.24) is 20.4 Å². The lowest BCUT2D eigenvalue weighted by atomic mass is 9.95. The molecule has 1 aromatic heterocycles. The van der Waals surface area contributed by atoms with Crippen LogP contribution in [0.1, 0.15) is 24.4 Å². The summed E-state index contributed by atoms with van der Waals surface area (Å²) in [6, 6.07) is 11.6. The number of nitrogens with one attached hydrogen (secondary N) is 1. The van der Waals surface area contributed by atoms with Gasteiger partial charge in [0.1, 0.15) is 11.6 Å². The minimum absolute atomic E-state index is 0.296. The van der Waals surface area contributed by atoms with Gasteiger partial charge in [0, 0.05) is 17.8 Å². The predicted octanol–water partition coefficient (Wildman–Crippen LogP) is 4.86. The number of nitrogens with zero attached hydrogens (tertiary/aromatic N) is 3. The molecule has 1 atom stereocenters. The molecular formula is C22H18F2N4OS. The zero-order valence-electron chi connectivity index (χ0n) is 16.1. The quantitative estimate of drug-likeness (QED) is 0.466. The highest BCUT2D eigenvalue weighted by molar-refractivity contribution is 7.80. The van der Waals surface area contributed by atoms with Crippen LogP contribution in [0.3, 0.4) is 0 Å². The maximum absolute atomic E-state index is 13.5. The van der Waals surface area contributed by atoms with E-state index in [2.05, 4.69) is 22.0 Å². The lowest BCUT2D eigenvalue weighted by Gasteiger charge is -2.36.